The average Bonchev–Trinajstić information content (AvgIpc) is 2.93. The van der Waals surface area contributed by atoms with Crippen LogP contribution in [0.5, 0.6) is 0 Å². The van der Waals surface area contributed by atoms with Crippen LogP contribution in [0, 0.1) is 0 Å². The number of urea groups is 1. The summed E-state index contributed by atoms with van der Waals surface area (Å²) < 4.78 is 45.9. The number of aromatic nitrogens is 3. The van der Waals surface area contributed by atoms with Crippen LogP contribution in [-0.2, 0) is 10.9 Å². The monoisotopic (exact) mass is 520 g/mol. The van der Waals surface area contributed by atoms with Crippen LogP contribution in [0.4, 0.5) is 35.3 Å². The summed E-state index contributed by atoms with van der Waals surface area (Å²) in [5.41, 5.74) is 2.51. The molecule has 0 saturated carbocycles. The zero-order valence-electron chi connectivity index (χ0n) is 20.1. The maximum Gasteiger partial charge on any atom is 0.416 e. The second-order valence-electron chi connectivity index (χ2n) is 8.51. The van der Waals surface area contributed by atoms with Gasteiger partial charge in [0.2, 0.25) is 5.95 Å². The van der Waals surface area contributed by atoms with Crippen LogP contribution in [0.2, 0.25) is 0 Å². The number of carbonyl (C=O) groups excluding carboxylic acids is 1. The van der Waals surface area contributed by atoms with Crippen molar-refractivity contribution in [1.82, 2.24) is 15.0 Å². The van der Waals surface area contributed by atoms with Crippen molar-refractivity contribution < 1.29 is 22.7 Å². The van der Waals surface area contributed by atoms with Crippen molar-refractivity contribution >= 4 is 23.4 Å². The Hall–Kier alpha value is -4.51. The minimum absolute atomic E-state index is 0.00401. The second kappa shape index (κ2) is 10.9. The summed E-state index contributed by atoms with van der Waals surface area (Å²) in [7, 11) is 0. The fourth-order valence-corrected chi connectivity index (χ4v) is 4.02. The Labute approximate surface area is 216 Å². The first-order valence-electron chi connectivity index (χ1n) is 11.8. The Morgan fingerprint density at radius 1 is 0.868 bits per heavy atom. The summed E-state index contributed by atoms with van der Waals surface area (Å²) in [6.07, 6.45) is -1.43. The summed E-state index contributed by atoms with van der Waals surface area (Å²) >= 11 is 0. The Balaban J connectivity index is 1.31. The predicted octanol–water partition coefficient (Wildman–Crippen LogP) is 5.71. The van der Waals surface area contributed by atoms with Crippen LogP contribution in [-0.4, -0.2) is 47.3 Å². The van der Waals surface area contributed by atoms with Gasteiger partial charge in [-0.2, -0.15) is 13.2 Å². The van der Waals surface area contributed by atoms with Crippen LogP contribution in [0.25, 0.3) is 22.5 Å². The van der Waals surface area contributed by atoms with Gasteiger partial charge in [-0.3, -0.25) is 10.3 Å². The molecule has 4 aromatic rings. The van der Waals surface area contributed by atoms with Gasteiger partial charge in [0.15, 0.2) is 0 Å². The van der Waals surface area contributed by atoms with Gasteiger partial charge in [-0.25, -0.2) is 14.8 Å². The topological polar surface area (TPSA) is 92.3 Å². The summed E-state index contributed by atoms with van der Waals surface area (Å²) in [5.74, 6) is -0.00693. The normalized spacial score (nSPS) is 13.7. The number of nitrogens with zero attached hydrogens (tertiary/aromatic N) is 4. The van der Waals surface area contributed by atoms with Crippen LogP contribution in [0.1, 0.15) is 5.56 Å². The van der Waals surface area contributed by atoms with Crippen molar-refractivity contribution in [2.75, 3.05) is 41.8 Å². The summed E-state index contributed by atoms with van der Waals surface area (Å²) in [5, 5.41) is 4.95. The van der Waals surface area contributed by atoms with Crippen molar-refractivity contribution in [1.29, 1.82) is 0 Å². The third kappa shape index (κ3) is 6.06. The number of alkyl halides is 3. The number of hydrogen-bond acceptors (Lipinski definition) is 6. The van der Waals surface area contributed by atoms with Crippen LogP contribution in [0.15, 0.2) is 79.1 Å². The first-order valence-corrected chi connectivity index (χ1v) is 11.8. The molecule has 38 heavy (non-hydrogen) atoms. The number of ether oxygens (including phenoxy) is 1. The highest BCUT2D eigenvalue weighted by molar-refractivity contribution is 5.99. The molecule has 2 aromatic carbocycles. The first-order chi connectivity index (χ1) is 18.3. The number of nitrogens with one attached hydrogen (secondary N) is 2. The van der Waals surface area contributed by atoms with Gasteiger partial charge in [0, 0.05) is 48.0 Å². The average molecular weight is 521 g/mol. The van der Waals surface area contributed by atoms with Gasteiger partial charge in [-0.15, -0.1) is 0 Å². The van der Waals surface area contributed by atoms with E-state index in [1.165, 1.54) is 12.3 Å². The lowest BCUT2D eigenvalue weighted by atomic mass is 10.1. The van der Waals surface area contributed by atoms with E-state index in [-0.39, 0.29) is 11.6 Å². The van der Waals surface area contributed by atoms with E-state index in [0.717, 1.165) is 23.4 Å². The molecule has 0 spiro atoms. The van der Waals surface area contributed by atoms with Crippen LogP contribution in [0.3, 0.4) is 0 Å². The molecule has 0 aliphatic carbocycles. The van der Waals surface area contributed by atoms with E-state index >= 15 is 0 Å². The Kier molecular flexibility index (Phi) is 7.18. The standard InChI is InChI=1S/C27H23F3N6O2/c28-27(29,30)20-14-21(16-22(15-20)36-10-12-38-13-11-36)33-26(37)35-25-31-9-8-24(34-25)19-6-7-23(32-17-19)18-4-2-1-3-5-18/h1-9,14-17H,10-13H2,(H2,31,33,34,35,37). The third-order valence-corrected chi connectivity index (χ3v) is 5.89. The second-order valence-corrected chi connectivity index (χ2v) is 8.51. The molecule has 8 nitrogen and oxygen atoms in total. The van der Waals surface area contributed by atoms with Crippen molar-refractivity contribution in [2.45, 2.75) is 6.18 Å². The fraction of sp³-hybridized carbons (Fsp3) is 0.185. The first kappa shape index (κ1) is 25.2. The highest BCUT2D eigenvalue weighted by Crippen LogP contribution is 2.35. The molecule has 2 aromatic heterocycles. The molecular formula is C27H23F3N6O2. The van der Waals surface area contributed by atoms with Crippen LogP contribution < -0.4 is 15.5 Å². The number of morpholine rings is 1. The van der Waals surface area contributed by atoms with E-state index in [9.17, 15) is 18.0 Å². The van der Waals surface area contributed by atoms with E-state index in [1.807, 2.05) is 42.5 Å². The maximum atomic E-state index is 13.5. The molecule has 11 heteroatoms. The Morgan fingerprint density at radius 3 is 2.37 bits per heavy atom. The highest BCUT2D eigenvalue weighted by Gasteiger charge is 2.32. The van der Waals surface area contributed by atoms with Crippen molar-refractivity contribution in [3.05, 3.63) is 84.7 Å². The third-order valence-electron chi connectivity index (χ3n) is 5.89. The molecule has 1 aliphatic heterocycles. The van der Waals surface area contributed by atoms with Crippen molar-refractivity contribution in [3.63, 3.8) is 0 Å². The molecule has 3 heterocycles. The molecule has 1 saturated heterocycles. The van der Waals surface area contributed by atoms with E-state index in [2.05, 4.69) is 25.6 Å². The number of pyridine rings is 1. The zero-order valence-corrected chi connectivity index (χ0v) is 20.1. The van der Waals surface area contributed by atoms with Gasteiger partial charge >= 0.3 is 12.2 Å². The lowest BCUT2D eigenvalue weighted by Gasteiger charge is -2.29. The highest BCUT2D eigenvalue weighted by atomic mass is 19.4. The largest absolute Gasteiger partial charge is 0.416 e. The molecule has 2 amide bonds. The molecule has 0 bridgehead atoms. The number of halogens is 3. The van der Waals surface area contributed by atoms with Crippen molar-refractivity contribution in [3.8, 4) is 22.5 Å². The molecule has 0 unspecified atom stereocenters. The lowest BCUT2D eigenvalue weighted by molar-refractivity contribution is -0.137. The van der Waals surface area contributed by atoms with Gasteiger partial charge in [-0.05, 0) is 36.4 Å². The molecule has 194 valence electrons. The SMILES string of the molecule is O=C(Nc1cc(N2CCOCC2)cc(C(F)(F)F)c1)Nc1nccc(-c2ccc(-c3ccccc3)nc2)n1. The minimum Gasteiger partial charge on any atom is -0.378 e. The van der Waals surface area contributed by atoms with E-state index < -0.39 is 17.8 Å². The molecule has 1 aliphatic rings. The maximum absolute atomic E-state index is 13.5. The molecule has 0 atom stereocenters. The number of rotatable bonds is 5. The number of amides is 2. The van der Waals surface area contributed by atoms with Gasteiger partial charge in [-0.1, -0.05) is 30.3 Å². The predicted molar refractivity (Wildman–Crippen MR) is 138 cm³/mol. The van der Waals surface area contributed by atoms with Crippen molar-refractivity contribution in [2.24, 2.45) is 0 Å². The molecular weight excluding hydrogens is 497 g/mol. The number of carbonyl (C=O) groups is 1. The van der Waals surface area contributed by atoms with Crippen LogP contribution >= 0.6 is 0 Å². The van der Waals surface area contributed by atoms with Gasteiger partial charge in [0.1, 0.15) is 0 Å². The quantitative estimate of drug-likeness (QED) is 0.351. The Morgan fingerprint density at radius 2 is 1.66 bits per heavy atom. The lowest BCUT2D eigenvalue weighted by Crippen LogP contribution is -2.36. The van der Waals surface area contributed by atoms with E-state index in [1.54, 1.807) is 17.2 Å². The van der Waals surface area contributed by atoms with Gasteiger partial charge in [0.05, 0.1) is 30.2 Å². The summed E-state index contributed by atoms with van der Waals surface area (Å²) in [6, 6.07) is 17.8. The molecule has 0 radical (unpaired) electrons. The number of hydrogen-bond donors (Lipinski definition) is 2. The number of anilines is 3. The smallest absolute Gasteiger partial charge is 0.378 e. The Bertz CT molecular complexity index is 1410. The summed E-state index contributed by atoms with van der Waals surface area (Å²) in [4.78, 5) is 27.3. The summed E-state index contributed by atoms with van der Waals surface area (Å²) in [6.45, 7) is 1.73. The van der Waals surface area contributed by atoms with E-state index in [4.69, 9.17) is 4.74 Å². The zero-order chi connectivity index (χ0) is 26.5. The van der Waals surface area contributed by atoms with Gasteiger partial charge in [0.25, 0.3) is 0 Å². The fourth-order valence-electron chi connectivity index (χ4n) is 4.02. The molecule has 1 fully saturated rings. The van der Waals surface area contributed by atoms with E-state index in [0.29, 0.717) is 43.2 Å². The van der Waals surface area contributed by atoms with Gasteiger partial charge < -0.3 is 15.0 Å². The molecule has 2 N–H and O–H groups in total. The minimum atomic E-state index is -4.57. The number of benzene rings is 2. The molecule has 5 rings (SSSR count).